The molecule has 0 bridgehead atoms. The van der Waals surface area contributed by atoms with Crippen LogP contribution in [0.5, 0.6) is 0 Å². The van der Waals surface area contributed by atoms with Crippen LogP contribution in [-0.2, 0) is 17.8 Å². The first-order valence-corrected chi connectivity index (χ1v) is 5.22. The van der Waals surface area contributed by atoms with E-state index < -0.39 is 0 Å². The highest BCUT2D eigenvalue weighted by atomic mass is 35.5. The lowest BCUT2D eigenvalue weighted by Crippen LogP contribution is -2.46. The van der Waals surface area contributed by atoms with Crippen molar-refractivity contribution in [2.75, 3.05) is 7.05 Å². The van der Waals surface area contributed by atoms with Crippen molar-refractivity contribution in [3.05, 3.63) is 34.3 Å². The molecule has 4 heteroatoms. The molecule has 1 aromatic rings. The molecule has 1 atom stereocenters. The monoisotopic (exact) mass is 224 g/mol. The molecule has 0 unspecified atom stereocenters. The van der Waals surface area contributed by atoms with E-state index in [0.29, 0.717) is 11.4 Å². The smallest absolute Gasteiger partial charge is 0.235 e. The normalized spacial score (nSPS) is 21.1. The van der Waals surface area contributed by atoms with Crippen molar-refractivity contribution in [2.24, 2.45) is 5.73 Å². The van der Waals surface area contributed by atoms with E-state index in [4.69, 9.17) is 17.3 Å². The number of likely N-dealkylation sites (N-methyl/N-ethyl adjacent to an activating group) is 1. The van der Waals surface area contributed by atoms with Gasteiger partial charge in [0.05, 0.1) is 6.04 Å². The first kappa shape index (κ1) is 10.5. The lowest BCUT2D eigenvalue weighted by molar-refractivity contribution is -0.123. The minimum atomic E-state index is -0.275. The minimum Gasteiger partial charge on any atom is -0.368 e. The van der Waals surface area contributed by atoms with Gasteiger partial charge in [-0.05, 0) is 36.7 Å². The van der Waals surface area contributed by atoms with E-state index in [2.05, 4.69) is 0 Å². The lowest BCUT2D eigenvalue weighted by Gasteiger charge is -2.31. The summed E-state index contributed by atoms with van der Waals surface area (Å²) >= 11 is 5.91. The molecular formula is C11H13ClN2O. The summed E-state index contributed by atoms with van der Waals surface area (Å²) in [6.07, 6.45) is 0.654. The molecule has 0 fully saturated rings. The van der Waals surface area contributed by atoms with Gasteiger partial charge in [0.25, 0.3) is 0 Å². The van der Waals surface area contributed by atoms with E-state index in [1.807, 2.05) is 30.1 Å². The molecule has 3 nitrogen and oxygen atoms in total. The Morgan fingerprint density at radius 1 is 1.53 bits per heavy atom. The topological polar surface area (TPSA) is 46.3 Å². The van der Waals surface area contributed by atoms with Gasteiger partial charge in [-0.2, -0.15) is 0 Å². The number of nitrogens with zero attached hydrogens (tertiary/aromatic N) is 1. The number of carbonyl (C=O) groups is 1. The number of hydrogen-bond acceptors (Lipinski definition) is 2. The largest absolute Gasteiger partial charge is 0.368 e. The molecule has 1 amide bonds. The fraction of sp³-hybridized carbons (Fsp3) is 0.364. The van der Waals surface area contributed by atoms with Crippen molar-refractivity contribution in [3.63, 3.8) is 0 Å². The second kappa shape index (κ2) is 3.83. The highest BCUT2D eigenvalue weighted by Gasteiger charge is 2.27. The second-order valence-corrected chi connectivity index (χ2v) is 4.39. The number of benzene rings is 1. The molecule has 0 aromatic heterocycles. The Labute approximate surface area is 93.8 Å². The molecule has 1 heterocycles. The maximum absolute atomic E-state index is 11.2. The third kappa shape index (κ3) is 1.98. The number of hydrogen-bond donors (Lipinski definition) is 1. The molecule has 0 spiro atoms. The SMILES string of the molecule is CN1Cc2ccc(Cl)cc2C[C@@H]1C(N)=O. The fourth-order valence-corrected chi connectivity index (χ4v) is 2.19. The van der Waals surface area contributed by atoms with E-state index in [-0.39, 0.29) is 11.9 Å². The van der Waals surface area contributed by atoms with E-state index >= 15 is 0 Å². The Morgan fingerprint density at radius 3 is 2.93 bits per heavy atom. The summed E-state index contributed by atoms with van der Waals surface area (Å²) in [6, 6.07) is 5.58. The van der Waals surface area contributed by atoms with E-state index in [1.54, 1.807) is 0 Å². The van der Waals surface area contributed by atoms with Crippen molar-refractivity contribution in [2.45, 2.75) is 19.0 Å². The van der Waals surface area contributed by atoms with Crippen molar-refractivity contribution in [3.8, 4) is 0 Å². The molecule has 1 aliphatic heterocycles. The molecule has 1 aromatic carbocycles. The van der Waals surface area contributed by atoms with Gasteiger partial charge >= 0.3 is 0 Å². The number of nitrogens with two attached hydrogens (primary N) is 1. The molecular weight excluding hydrogens is 212 g/mol. The number of amides is 1. The molecule has 2 rings (SSSR count). The number of halogens is 1. The van der Waals surface area contributed by atoms with Gasteiger partial charge in [-0.3, -0.25) is 9.69 Å². The average Bonchev–Trinajstić information content (AvgIpc) is 2.17. The zero-order valence-electron chi connectivity index (χ0n) is 8.53. The van der Waals surface area contributed by atoms with Gasteiger partial charge in [-0.15, -0.1) is 0 Å². The predicted molar refractivity (Wildman–Crippen MR) is 59.6 cm³/mol. The van der Waals surface area contributed by atoms with E-state index in [9.17, 15) is 4.79 Å². The zero-order valence-corrected chi connectivity index (χ0v) is 9.29. The minimum absolute atomic E-state index is 0.212. The highest BCUT2D eigenvalue weighted by molar-refractivity contribution is 6.30. The maximum atomic E-state index is 11.2. The number of carbonyl (C=O) groups excluding carboxylic acids is 1. The Hall–Kier alpha value is -1.06. The fourth-order valence-electron chi connectivity index (χ4n) is 2.00. The lowest BCUT2D eigenvalue weighted by atomic mass is 9.94. The van der Waals surface area contributed by atoms with Crippen LogP contribution in [0.3, 0.4) is 0 Å². The average molecular weight is 225 g/mol. The van der Waals surface area contributed by atoms with Crippen LogP contribution in [0, 0.1) is 0 Å². The standard InChI is InChI=1S/C11H13ClN2O/c1-14-6-7-2-3-9(12)4-8(7)5-10(14)11(13)15/h2-4,10H,5-6H2,1H3,(H2,13,15)/t10-/m1/s1. The number of fused-ring (bicyclic) bond motifs is 1. The third-order valence-corrected chi connectivity index (χ3v) is 3.10. The Balaban J connectivity index is 2.34. The quantitative estimate of drug-likeness (QED) is 0.779. The van der Waals surface area contributed by atoms with Crippen LogP contribution in [0.2, 0.25) is 5.02 Å². The maximum Gasteiger partial charge on any atom is 0.235 e. The van der Waals surface area contributed by atoms with Crippen LogP contribution in [0.15, 0.2) is 18.2 Å². The van der Waals surface area contributed by atoms with Gasteiger partial charge in [-0.25, -0.2) is 0 Å². The van der Waals surface area contributed by atoms with Gasteiger partial charge in [0.1, 0.15) is 0 Å². The van der Waals surface area contributed by atoms with Crippen LogP contribution in [-0.4, -0.2) is 23.9 Å². The van der Waals surface area contributed by atoms with Crippen LogP contribution in [0.4, 0.5) is 0 Å². The third-order valence-electron chi connectivity index (χ3n) is 2.86. The van der Waals surface area contributed by atoms with Crippen LogP contribution < -0.4 is 5.73 Å². The first-order chi connectivity index (χ1) is 7.08. The Bertz CT molecular complexity index is 406. The summed E-state index contributed by atoms with van der Waals surface area (Å²) in [5.41, 5.74) is 7.69. The van der Waals surface area contributed by atoms with Crippen LogP contribution >= 0.6 is 11.6 Å². The Morgan fingerprint density at radius 2 is 2.27 bits per heavy atom. The first-order valence-electron chi connectivity index (χ1n) is 4.85. The zero-order chi connectivity index (χ0) is 11.0. The van der Waals surface area contributed by atoms with Crippen LogP contribution in [0.1, 0.15) is 11.1 Å². The molecule has 0 saturated carbocycles. The van der Waals surface area contributed by atoms with Gasteiger partial charge in [-0.1, -0.05) is 17.7 Å². The van der Waals surface area contributed by atoms with Gasteiger partial charge in [0.15, 0.2) is 0 Å². The van der Waals surface area contributed by atoms with Crippen molar-refractivity contribution >= 4 is 17.5 Å². The van der Waals surface area contributed by atoms with E-state index in [0.717, 1.165) is 12.1 Å². The Kier molecular flexibility index (Phi) is 2.67. The molecule has 0 radical (unpaired) electrons. The van der Waals surface area contributed by atoms with E-state index in [1.165, 1.54) is 5.56 Å². The number of primary amides is 1. The van der Waals surface area contributed by atoms with Gasteiger partial charge in [0, 0.05) is 11.6 Å². The van der Waals surface area contributed by atoms with Crippen LogP contribution in [0.25, 0.3) is 0 Å². The molecule has 0 saturated heterocycles. The van der Waals surface area contributed by atoms with Crippen molar-refractivity contribution in [1.82, 2.24) is 4.90 Å². The molecule has 80 valence electrons. The molecule has 1 aliphatic rings. The predicted octanol–water partition coefficient (Wildman–Crippen LogP) is 1.18. The van der Waals surface area contributed by atoms with Crippen molar-refractivity contribution in [1.29, 1.82) is 0 Å². The summed E-state index contributed by atoms with van der Waals surface area (Å²) in [6.45, 7) is 0.750. The summed E-state index contributed by atoms with van der Waals surface area (Å²) in [4.78, 5) is 13.2. The highest BCUT2D eigenvalue weighted by Crippen LogP contribution is 2.24. The summed E-state index contributed by atoms with van der Waals surface area (Å²) in [5, 5.41) is 0.710. The molecule has 15 heavy (non-hydrogen) atoms. The summed E-state index contributed by atoms with van der Waals surface area (Å²) < 4.78 is 0. The molecule has 2 N–H and O–H groups in total. The van der Waals surface area contributed by atoms with Gasteiger partial charge in [0.2, 0.25) is 5.91 Å². The number of rotatable bonds is 1. The van der Waals surface area contributed by atoms with Crippen molar-refractivity contribution < 1.29 is 4.79 Å². The molecule has 0 aliphatic carbocycles. The summed E-state index contributed by atoms with van der Waals surface area (Å²) in [5.74, 6) is -0.275. The van der Waals surface area contributed by atoms with Gasteiger partial charge < -0.3 is 5.73 Å². The second-order valence-electron chi connectivity index (χ2n) is 3.95. The summed E-state index contributed by atoms with van der Waals surface area (Å²) in [7, 11) is 1.91.